The number of amides is 2. The van der Waals surface area contributed by atoms with Gasteiger partial charge >= 0.3 is 0 Å². The normalized spacial score (nSPS) is 9.76. The largest absolute Gasteiger partial charge is 0.398 e. The predicted molar refractivity (Wildman–Crippen MR) is 66.9 cm³/mol. The van der Waals surface area contributed by atoms with Crippen molar-refractivity contribution in [2.24, 2.45) is 0 Å². The summed E-state index contributed by atoms with van der Waals surface area (Å²) >= 11 is 5.72. The third kappa shape index (κ3) is 4.32. The smallest absolute Gasteiger partial charge is 0.253 e. The van der Waals surface area contributed by atoms with Crippen molar-refractivity contribution >= 4 is 29.1 Å². The van der Waals surface area contributed by atoms with Crippen LogP contribution in [0.1, 0.15) is 17.3 Å². The molecule has 0 aromatic heterocycles. The summed E-state index contributed by atoms with van der Waals surface area (Å²) in [6.07, 6.45) is 0. The van der Waals surface area contributed by atoms with E-state index in [1.165, 1.54) is 13.0 Å². The summed E-state index contributed by atoms with van der Waals surface area (Å²) < 4.78 is 0. The zero-order valence-corrected chi connectivity index (χ0v) is 10.2. The fourth-order valence-electron chi connectivity index (χ4n) is 1.25. The van der Waals surface area contributed by atoms with Crippen molar-refractivity contribution in [2.75, 3.05) is 18.8 Å². The molecule has 0 bridgehead atoms. The molecular weight excluding hydrogens is 242 g/mol. The Morgan fingerprint density at radius 3 is 2.53 bits per heavy atom. The number of carbonyl (C=O) groups excluding carboxylic acids is 2. The van der Waals surface area contributed by atoms with Gasteiger partial charge in [-0.25, -0.2) is 0 Å². The summed E-state index contributed by atoms with van der Waals surface area (Å²) in [6.45, 7) is 2.15. The first-order valence-corrected chi connectivity index (χ1v) is 5.46. The molecule has 92 valence electrons. The summed E-state index contributed by atoms with van der Waals surface area (Å²) in [4.78, 5) is 22.3. The maximum Gasteiger partial charge on any atom is 0.253 e. The van der Waals surface area contributed by atoms with E-state index in [9.17, 15) is 9.59 Å². The van der Waals surface area contributed by atoms with Crippen molar-refractivity contribution in [1.82, 2.24) is 10.6 Å². The molecule has 6 heteroatoms. The van der Waals surface area contributed by atoms with Gasteiger partial charge in [0.1, 0.15) is 0 Å². The van der Waals surface area contributed by atoms with Crippen molar-refractivity contribution in [2.45, 2.75) is 6.92 Å². The van der Waals surface area contributed by atoms with Crippen molar-refractivity contribution in [1.29, 1.82) is 0 Å². The maximum absolute atomic E-state index is 11.7. The highest BCUT2D eigenvalue weighted by Crippen LogP contribution is 2.17. The highest BCUT2D eigenvalue weighted by atomic mass is 35.5. The lowest BCUT2D eigenvalue weighted by Gasteiger charge is -2.08. The average Bonchev–Trinajstić information content (AvgIpc) is 2.23. The molecule has 1 aromatic rings. The van der Waals surface area contributed by atoms with Crippen LogP contribution in [-0.4, -0.2) is 24.9 Å². The predicted octanol–water partition coefficient (Wildman–Crippen LogP) is 0.788. The Labute approximate surface area is 104 Å². The number of nitrogens with two attached hydrogens (primary N) is 1. The van der Waals surface area contributed by atoms with Crippen LogP contribution in [0.3, 0.4) is 0 Å². The third-order valence-electron chi connectivity index (χ3n) is 2.04. The van der Waals surface area contributed by atoms with Crippen molar-refractivity contribution in [3.8, 4) is 0 Å². The molecule has 0 aliphatic rings. The van der Waals surface area contributed by atoms with Crippen molar-refractivity contribution in [3.05, 3.63) is 28.8 Å². The third-order valence-corrected chi connectivity index (χ3v) is 2.28. The van der Waals surface area contributed by atoms with Crippen LogP contribution in [0.15, 0.2) is 18.2 Å². The topological polar surface area (TPSA) is 84.2 Å². The van der Waals surface area contributed by atoms with Crippen LogP contribution in [0.25, 0.3) is 0 Å². The number of carbonyl (C=O) groups is 2. The zero-order valence-electron chi connectivity index (χ0n) is 9.42. The highest BCUT2D eigenvalue weighted by molar-refractivity contribution is 6.31. The molecular formula is C11H14ClN3O2. The van der Waals surface area contributed by atoms with Gasteiger partial charge in [0.2, 0.25) is 5.91 Å². The Bertz CT molecular complexity index is 435. The number of halogens is 1. The average molecular weight is 256 g/mol. The quantitative estimate of drug-likeness (QED) is 0.549. The zero-order chi connectivity index (χ0) is 12.8. The van der Waals surface area contributed by atoms with E-state index in [1.807, 2.05) is 0 Å². The van der Waals surface area contributed by atoms with Gasteiger partial charge in [0.25, 0.3) is 5.91 Å². The van der Waals surface area contributed by atoms with Crippen molar-refractivity contribution < 1.29 is 9.59 Å². The van der Waals surface area contributed by atoms with Gasteiger partial charge in [-0.3, -0.25) is 9.59 Å². The minimum absolute atomic E-state index is 0.134. The highest BCUT2D eigenvalue weighted by Gasteiger charge is 2.08. The molecule has 0 aliphatic heterocycles. The first-order chi connectivity index (χ1) is 8.00. The number of rotatable bonds is 4. The molecule has 2 amide bonds. The molecule has 0 fully saturated rings. The first-order valence-electron chi connectivity index (χ1n) is 5.08. The summed E-state index contributed by atoms with van der Waals surface area (Å²) in [6, 6.07) is 4.68. The van der Waals surface area contributed by atoms with E-state index >= 15 is 0 Å². The van der Waals surface area contributed by atoms with Crippen LogP contribution in [-0.2, 0) is 4.79 Å². The van der Waals surface area contributed by atoms with Crippen LogP contribution in [0.5, 0.6) is 0 Å². The molecule has 4 N–H and O–H groups in total. The maximum atomic E-state index is 11.7. The van der Waals surface area contributed by atoms with Crippen LogP contribution in [0, 0.1) is 0 Å². The standard InChI is InChI=1S/C11H14ClN3O2/c1-7(16)14-4-5-15-11(17)9-3-2-8(12)6-10(9)13/h2-3,6H,4-5,13H2,1H3,(H,14,16)(H,15,17). The van der Waals surface area contributed by atoms with Crippen LogP contribution >= 0.6 is 11.6 Å². The lowest BCUT2D eigenvalue weighted by molar-refractivity contribution is -0.118. The number of anilines is 1. The van der Waals surface area contributed by atoms with Crippen LogP contribution < -0.4 is 16.4 Å². The molecule has 17 heavy (non-hydrogen) atoms. The van der Waals surface area contributed by atoms with E-state index in [0.717, 1.165) is 0 Å². The Morgan fingerprint density at radius 1 is 1.29 bits per heavy atom. The molecule has 0 heterocycles. The molecule has 0 spiro atoms. The summed E-state index contributed by atoms with van der Waals surface area (Å²) in [7, 11) is 0. The minimum atomic E-state index is -0.287. The van der Waals surface area contributed by atoms with Gasteiger partial charge in [0.05, 0.1) is 5.56 Å². The fourth-order valence-corrected chi connectivity index (χ4v) is 1.43. The molecule has 0 atom stereocenters. The first kappa shape index (κ1) is 13.3. The molecule has 1 aromatic carbocycles. The second-order valence-electron chi connectivity index (χ2n) is 3.47. The molecule has 0 saturated carbocycles. The molecule has 0 saturated heterocycles. The molecule has 1 rings (SSSR count). The Morgan fingerprint density at radius 2 is 1.94 bits per heavy atom. The van der Waals surface area contributed by atoms with E-state index in [4.69, 9.17) is 17.3 Å². The monoisotopic (exact) mass is 255 g/mol. The number of hydrogen-bond donors (Lipinski definition) is 3. The summed E-state index contributed by atoms with van der Waals surface area (Å²) in [5.41, 5.74) is 6.36. The SMILES string of the molecule is CC(=O)NCCNC(=O)c1ccc(Cl)cc1N. The number of benzene rings is 1. The van der Waals surface area contributed by atoms with E-state index in [2.05, 4.69) is 10.6 Å². The Balaban J connectivity index is 2.50. The molecule has 0 aliphatic carbocycles. The van der Waals surface area contributed by atoms with E-state index in [1.54, 1.807) is 12.1 Å². The summed E-state index contributed by atoms with van der Waals surface area (Å²) in [5, 5.41) is 5.69. The minimum Gasteiger partial charge on any atom is -0.398 e. The Hall–Kier alpha value is -1.75. The van der Waals surface area contributed by atoms with E-state index in [0.29, 0.717) is 29.4 Å². The fraction of sp³-hybridized carbons (Fsp3) is 0.273. The molecule has 0 radical (unpaired) electrons. The number of nitrogen functional groups attached to an aromatic ring is 1. The van der Waals surface area contributed by atoms with Crippen molar-refractivity contribution in [3.63, 3.8) is 0 Å². The van der Waals surface area contributed by atoms with Gasteiger partial charge in [-0.15, -0.1) is 0 Å². The van der Waals surface area contributed by atoms with E-state index < -0.39 is 0 Å². The van der Waals surface area contributed by atoms with E-state index in [-0.39, 0.29) is 11.8 Å². The number of hydrogen-bond acceptors (Lipinski definition) is 3. The van der Waals surface area contributed by atoms with Gasteiger partial charge in [0, 0.05) is 30.7 Å². The molecule has 0 unspecified atom stereocenters. The van der Waals surface area contributed by atoms with Crippen LogP contribution in [0.2, 0.25) is 5.02 Å². The molecule has 5 nitrogen and oxygen atoms in total. The lowest BCUT2D eigenvalue weighted by atomic mass is 10.1. The number of nitrogens with one attached hydrogen (secondary N) is 2. The van der Waals surface area contributed by atoms with Crippen LogP contribution in [0.4, 0.5) is 5.69 Å². The second-order valence-corrected chi connectivity index (χ2v) is 3.91. The van der Waals surface area contributed by atoms with Gasteiger partial charge in [-0.2, -0.15) is 0 Å². The van der Waals surface area contributed by atoms with Gasteiger partial charge in [0.15, 0.2) is 0 Å². The van der Waals surface area contributed by atoms with Gasteiger partial charge in [-0.05, 0) is 18.2 Å². The van der Waals surface area contributed by atoms with Gasteiger partial charge in [-0.1, -0.05) is 11.6 Å². The summed E-state index contributed by atoms with van der Waals surface area (Å²) in [5.74, 6) is -0.422. The second kappa shape index (κ2) is 6.10. The van der Waals surface area contributed by atoms with Gasteiger partial charge < -0.3 is 16.4 Å². The lowest BCUT2D eigenvalue weighted by Crippen LogP contribution is -2.33. The Kier molecular flexibility index (Phi) is 4.78.